The van der Waals surface area contributed by atoms with Crippen LogP contribution in [0.4, 0.5) is 4.39 Å². The van der Waals surface area contributed by atoms with Crippen LogP contribution in [-0.4, -0.2) is 6.04 Å². The number of rotatable bonds is 11. The highest BCUT2D eigenvalue weighted by Crippen LogP contribution is 2.18. The molecule has 2 heteroatoms. The van der Waals surface area contributed by atoms with E-state index < -0.39 is 0 Å². The minimum atomic E-state index is -0.144. The van der Waals surface area contributed by atoms with Gasteiger partial charge in [0.1, 0.15) is 5.82 Å². The van der Waals surface area contributed by atoms with Crippen molar-refractivity contribution in [1.82, 2.24) is 5.32 Å². The first kappa shape index (κ1) is 18.2. The van der Waals surface area contributed by atoms with E-state index in [0.29, 0.717) is 6.04 Å². The van der Waals surface area contributed by atoms with Crippen LogP contribution in [0.1, 0.15) is 83.7 Å². The van der Waals surface area contributed by atoms with Crippen LogP contribution < -0.4 is 5.32 Å². The van der Waals surface area contributed by atoms with Crippen molar-refractivity contribution < 1.29 is 4.39 Å². The van der Waals surface area contributed by atoms with Crippen LogP contribution >= 0.6 is 0 Å². The lowest BCUT2D eigenvalue weighted by Gasteiger charge is -2.24. The van der Waals surface area contributed by atoms with Gasteiger partial charge in [-0.3, -0.25) is 0 Å². The van der Waals surface area contributed by atoms with Gasteiger partial charge >= 0.3 is 0 Å². The highest BCUT2D eigenvalue weighted by atomic mass is 19.1. The lowest BCUT2D eigenvalue weighted by molar-refractivity contribution is 0.384. The summed E-state index contributed by atoms with van der Waals surface area (Å²) in [6.07, 6.45) is 10.2. The van der Waals surface area contributed by atoms with E-state index in [9.17, 15) is 4.39 Å². The van der Waals surface area contributed by atoms with Crippen LogP contribution in [0.2, 0.25) is 0 Å². The van der Waals surface area contributed by atoms with Crippen molar-refractivity contribution >= 4 is 0 Å². The van der Waals surface area contributed by atoms with Crippen molar-refractivity contribution in [1.29, 1.82) is 0 Å². The van der Waals surface area contributed by atoms with E-state index in [-0.39, 0.29) is 11.9 Å². The average Bonchev–Trinajstić information content (AvgIpc) is 2.47. The molecule has 0 aliphatic heterocycles. The molecule has 1 nitrogen and oxygen atoms in total. The van der Waals surface area contributed by atoms with Gasteiger partial charge in [-0.05, 0) is 37.5 Å². The van der Waals surface area contributed by atoms with Gasteiger partial charge in [-0.2, -0.15) is 0 Å². The molecule has 1 aromatic rings. The zero-order chi connectivity index (χ0) is 15.5. The number of hydrogen-bond acceptors (Lipinski definition) is 1. The summed E-state index contributed by atoms with van der Waals surface area (Å²) in [6, 6.07) is 7.74. The van der Waals surface area contributed by atoms with Crippen molar-refractivity contribution in [2.45, 2.75) is 84.2 Å². The molecule has 0 spiro atoms. The zero-order valence-electron chi connectivity index (χ0n) is 14.0. The molecular weight excluding hydrogens is 261 g/mol. The number of benzene rings is 1. The molecule has 0 bridgehead atoms. The summed E-state index contributed by atoms with van der Waals surface area (Å²) in [6.45, 7) is 6.63. The zero-order valence-corrected chi connectivity index (χ0v) is 14.0. The molecule has 1 aromatic carbocycles. The minimum absolute atomic E-state index is 0.144. The maximum absolute atomic E-state index is 13.3. The topological polar surface area (TPSA) is 12.0 Å². The molecule has 0 radical (unpaired) electrons. The third kappa shape index (κ3) is 7.61. The van der Waals surface area contributed by atoms with Gasteiger partial charge in [-0.15, -0.1) is 0 Å². The van der Waals surface area contributed by atoms with Crippen molar-refractivity contribution in [3.05, 3.63) is 35.6 Å². The van der Waals surface area contributed by atoms with Gasteiger partial charge in [0.2, 0.25) is 0 Å². The van der Waals surface area contributed by atoms with Gasteiger partial charge in [0.15, 0.2) is 0 Å². The summed E-state index contributed by atoms with van der Waals surface area (Å²) in [5, 5.41) is 3.71. The van der Waals surface area contributed by atoms with E-state index >= 15 is 0 Å². The summed E-state index contributed by atoms with van der Waals surface area (Å²) in [4.78, 5) is 0. The van der Waals surface area contributed by atoms with E-state index in [1.165, 1.54) is 57.4 Å². The average molecular weight is 293 g/mol. The molecule has 0 saturated carbocycles. The Balaban J connectivity index is 2.52. The number of nitrogens with one attached hydrogen (secondary N) is 1. The van der Waals surface area contributed by atoms with Gasteiger partial charge in [-0.1, -0.05) is 64.5 Å². The van der Waals surface area contributed by atoms with Gasteiger partial charge in [0.25, 0.3) is 0 Å². The van der Waals surface area contributed by atoms with E-state index in [1.54, 1.807) is 12.1 Å². The fraction of sp³-hybridized carbons (Fsp3) is 0.684. The van der Waals surface area contributed by atoms with Crippen LogP contribution in [0.3, 0.4) is 0 Å². The number of hydrogen-bond donors (Lipinski definition) is 1. The smallest absolute Gasteiger partial charge is 0.123 e. The third-order valence-electron chi connectivity index (χ3n) is 4.15. The van der Waals surface area contributed by atoms with E-state index in [2.05, 4.69) is 26.1 Å². The highest BCUT2D eigenvalue weighted by Gasteiger charge is 2.13. The summed E-state index contributed by atoms with van der Waals surface area (Å²) < 4.78 is 13.3. The molecule has 0 fully saturated rings. The van der Waals surface area contributed by atoms with Crippen LogP contribution in [0, 0.1) is 5.82 Å². The second kappa shape index (κ2) is 10.8. The fourth-order valence-electron chi connectivity index (χ4n) is 2.82. The Labute approximate surface area is 130 Å². The molecule has 0 amide bonds. The SMILES string of the molecule is CCCCCC(CCCCC)N[C@@H](C)c1cccc(F)c1. The van der Waals surface area contributed by atoms with Crippen LogP contribution in [0.5, 0.6) is 0 Å². The molecule has 1 atom stereocenters. The van der Waals surface area contributed by atoms with Crippen LogP contribution in [0.15, 0.2) is 24.3 Å². The second-order valence-electron chi connectivity index (χ2n) is 6.13. The fourth-order valence-corrected chi connectivity index (χ4v) is 2.82. The van der Waals surface area contributed by atoms with Gasteiger partial charge in [-0.25, -0.2) is 4.39 Å². The van der Waals surface area contributed by atoms with Gasteiger partial charge in [0, 0.05) is 12.1 Å². The van der Waals surface area contributed by atoms with E-state index in [0.717, 1.165) is 5.56 Å². The molecular formula is C19H32FN. The summed E-state index contributed by atoms with van der Waals surface area (Å²) >= 11 is 0. The quantitative estimate of drug-likeness (QED) is 0.493. The van der Waals surface area contributed by atoms with Crippen molar-refractivity contribution in [3.63, 3.8) is 0 Å². The minimum Gasteiger partial charge on any atom is -0.307 e. The lowest BCUT2D eigenvalue weighted by atomic mass is 9.99. The first-order chi connectivity index (χ1) is 10.2. The predicted octanol–water partition coefficient (Wildman–Crippen LogP) is 6.01. The second-order valence-corrected chi connectivity index (χ2v) is 6.13. The Kier molecular flexibility index (Phi) is 9.32. The summed E-state index contributed by atoms with van der Waals surface area (Å²) in [7, 11) is 0. The Morgan fingerprint density at radius 1 is 1.00 bits per heavy atom. The van der Waals surface area contributed by atoms with Gasteiger partial charge < -0.3 is 5.32 Å². The Hall–Kier alpha value is -0.890. The summed E-state index contributed by atoms with van der Waals surface area (Å²) in [5.41, 5.74) is 1.05. The Morgan fingerprint density at radius 2 is 1.62 bits per heavy atom. The standard InChI is InChI=1S/C19H32FN/c1-4-6-8-13-19(14-9-7-5-2)21-16(3)17-11-10-12-18(20)15-17/h10-12,15-16,19,21H,4-9,13-14H2,1-3H3/t16-/m0/s1. The van der Waals surface area contributed by atoms with Crippen molar-refractivity contribution in [2.75, 3.05) is 0 Å². The molecule has 0 aliphatic carbocycles. The predicted molar refractivity (Wildman–Crippen MR) is 90.0 cm³/mol. The molecule has 1 N–H and O–H groups in total. The molecule has 0 aromatic heterocycles. The normalized spacial score (nSPS) is 12.8. The Morgan fingerprint density at radius 3 is 2.14 bits per heavy atom. The molecule has 21 heavy (non-hydrogen) atoms. The summed E-state index contributed by atoms with van der Waals surface area (Å²) in [5.74, 6) is -0.144. The van der Waals surface area contributed by atoms with Crippen LogP contribution in [0.25, 0.3) is 0 Å². The van der Waals surface area contributed by atoms with Crippen molar-refractivity contribution in [2.24, 2.45) is 0 Å². The number of unbranched alkanes of at least 4 members (excludes halogenated alkanes) is 4. The molecule has 0 saturated heterocycles. The van der Waals surface area contributed by atoms with E-state index in [1.807, 2.05) is 6.07 Å². The maximum Gasteiger partial charge on any atom is 0.123 e. The van der Waals surface area contributed by atoms with Gasteiger partial charge in [0.05, 0.1) is 0 Å². The monoisotopic (exact) mass is 293 g/mol. The first-order valence-corrected chi connectivity index (χ1v) is 8.68. The lowest BCUT2D eigenvalue weighted by Crippen LogP contribution is -2.31. The molecule has 0 aliphatic rings. The van der Waals surface area contributed by atoms with E-state index in [4.69, 9.17) is 0 Å². The third-order valence-corrected chi connectivity index (χ3v) is 4.15. The molecule has 0 heterocycles. The highest BCUT2D eigenvalue weighted by molar-refractivity contribution is 5.19. The number of halogens is 1. The van der Waals surface area contributed by atoms with Crippen molar-refractivity contribution in [3.8, 4) is 0 Å². The molecule has 120 valence electrons. The van der Waals surface area contributed by atoms with Crippen LogP contribution in [-0.2, 0) is 0 Å². The maximum atomic E-state index is 13.3. The first-order valence-electron chi connectivity index (χ1n) is 8.68. The Bertz CT molecular complexity index is 368. The largest absolute Gasteiger partial charge is 0.307 e. The molecule has 0 unspecified atom stereocenters. The molecule has 1 rings (SSSR count).